The number of halogens is 1. The van der Waals surface area contributed by atoms with E-state index in [0.717, 1.165) is 10.9 Å². The highest BCUT2D eigenvalue weighted by Gasteiger charge is 2.24. The Bertz CT molecular complexity index is 1090. The summed E-state index contributed by atoms with van der Waals surface area (Å²) in [6.45, 7) is 0.875. The molecule has 3 aromatic rings. The summed E-state index contributed by atoms with van der Waals surface area (Å²) in [5, 5.41) is 2.79. The van der Waals surface area contributed by atoms with Gasteiger partial charge >= 0.3 is 0 Å². The molecule has 0 radical (unpaired) electrons. The number of carbonyl (C=O) groups is 2. The zero-order chi connectivity index (χ0) is 21.8. The lowest BCUT2D eigenvalue weighted by atomic mass is 10.2. The highest BCUT2D eigenvalue weighted by atomic mass is 79.9. The van der Waals surface area contributed by atoms with Crippen LogP contribution in [0.25, 0.3) is 0 Å². The summed E-state index contributed by atoms with van der Waals surface area (Å²) in [5.74, 6) is 1.62. The number of ether oxygens (including phenoxy) is 2. The van der Waals surface area contributed by atoms with E-state index in [2.05, 4.69) is 21.2 Å². The number of hydrogen-bond acceptors (Lipinski definition) is 5. The van der Waals surface area contributed by atoms with Crippen LogP contribution in [0, 0.1) is 0 Å². The Morgan fingerprint density at radius 1 is 1.16 bits per heavy atom. The Morgan fingerprint density at radius 2 is 1.97 bits per heavy atom. The minimum Gasteiger partial charge on any atom is -0.494 e. The fourth-order valence-electron chi connectivity index (χ4n) is 3.34. The van der Waals surface area contributed by atoms with E-state index in [1.54, 1.807) is 35.2 Å². The maximum atomic E-state index is 12.6. The standard InChI is InChI=1S/C23H21BrN2O5/c1-29-21-13-16(6-10-19(21)26-12-2-3-22(26)27)25-23(28)20-11-9-18(31-20)14-30-17-7-4-15(24)5-8-17/h4-11,13H,2-3,12,14H2,1H3,(H,25,28). The van der Waals surface area contributed by atoms with Crippen molar-refractivity contribution < 1.29 is 23.5 Å². The van der Waals surface area contributed by atoms with Crippen molar-refractivity contribution >= 4 is 39.1 Å². The first kappa shape index (κ1) is 21.0. The van der Waals surface area contributed by atoms with E-state index in [-0.39, 0.29) is 24.2 Å². The molecule has 2 aromatic carbocycles. The average Bonchev–Trinajstić information content (AvgIpc) is 3.42. The van der Waals surface area contributed by atoms with E-state index in [9.17, 15) is 9.59 Å². The number of rotatable bonds is 7. The number of amides is 2. The molecular formula is C23H21BrN2O5. The van der Waals surface area contributed by atoms with Gasteiger partial charge in [-0.3, -0.25) is 9.59 Å². The molecule has 0 atom stereocenters. The molecule has 8 heteroatoms. The smallest absolute Gasteiger partial charge is 0.291 e. The molecule has 1 aliphatic heterocycles. The fraction of sp³-hybridized carbons (Fsp3) is 0.217. The summed E-state index contributed by atoms with van der Waals surface area (Å²) in [4.78, 5) is 26.3. The third-order valence-corrected chi connectivity index (χ3v) is 5.41. The van der Waals surface area contributed by atoms with Crippen molar-refractivity contribution in [1.82, 2.24) is 0 Å². The molecule has 1 aliphatic rings. The third kappa shape index (κ3) is 4.91. The van der Waals surface area contributed by atoms with Crippen LogP contribution in [0.4, 0.5) is 11.4 Å². The molecule has 1 aromatic heterocycles. The Labute approximate surface area is 188 Å². The van der Waals surface area contributed by atoms with Gasteiger partial charge in [0.05, 0.1) is 12.8 Å². The van der Waals surface area contributed by atoms with E-state index in [4.69, 9.17) is 13.9 Å². The molecule has 0 unspecified atom stereocenters. The Balaban J connectivity index is 1.40. The van der Waals surface area contributed by atoms with Crippen molar-refractivity contribution in [2.45, 2.75) is 19.4 Å². The van der Waals surface area contributed by atoms with Crippen molar-refractivity contribution in [2.24, 2.45) is 0 Å². The first-order valence-corrected chi connectivity index (χ1v) is 10.6. The number of methoxy groups -OCH3 is 1. The quantitative estimate of drug-likeness (QED) is 0.509. The molecule has 160 valence electrons. The molecule has 4 rings (SSSR count). The lowest BCUT2D eigenvalue weighted by Gasteiger charge is -2.19. The first-order chi connectivity index (χ1) is 15.0. The average molecular weight is 485 g/mol. The number of nitrogens with zero attached hydrogens (tertiary/aromatic N) is 1. The fourth-order valence-corrected chi connectivity index (χ4v) is 3.60. The molecular weight excluding hydrogens is 464 g/mol. The van der Waals surface area contributed by atoms with Gasteiger partial charge in [-0.15, -0.1) is 0 Å². The second-order valence-electron chi connectivity index (χ2n) is 7.00. The van der Waals surface area contributed by atoms with Crippen LogP contribution in [-0.2, 0) is 11.4 Å². The van der Waals surface area contributed by atoms with Crippen LogP contribution < -0.4 is 19.7 Å². The van der Waals surface area contributed by atoms with Gasteiger partial charge in [0.2, 0.25) is 5.91 Å². The molecule has 1 fully saturated rings. The van der Waals surface area contributed by atoms with Gasteiger partial charge in [-0.1, -0.05) is 15.9 Å². The number of benzene rings is 2. The summed E-state index contributed by atoms with van der Waals surface area (Å²) >= 11 is 3.38. The third-order valence-electron chi connectivity index (χ3n) is 4.88. The van der Waals surface area contributed by atoms with E-state index < -0.39 is 0 Å². The van der Waals surface area contributed by atoms with Crippen LogP contribution in [0.2, 0.25) is 0 Å². The predicted octanol–water partition coefficient (Wildman–Crippen LogP) is 5.01. The summed E-state index contributed by atoms with van der Waals surface area (Å²) in [6, 6.07) is 16.0. The molecule has 0 aliphatic carbocycles. The number of nitrogens with one attached hydrogen (secondary N) is 1. The predicted molar refractivity (Wildman–Crippen MR) is 120 cm³/mol. The molecule has 0 bridgehead atoms. The molecule has 2 amide bonds. The van der Waals surface area contributed by atoms with Crippen LogP contribution in [0.5, 0.6) is 11.5 Å². The van der Waals surface area contributed by atoms with E-state index >= 15 is 0 Å². The first-order valence-electron chi connectivity index (χ1n) is 9.80. The van der Waals surface area contributed by atoms with E-state index in [1.807, 2.05) is 24.3 Å². The maximum absolute atomic E-state index is 12.6. The Hall–Kier alpha value is -3.26. The van der Waals surface area contributed by atoms with Crippen LogP contribution >= 0.6 is 15.9 Å². The van der Waals surface area contributed by atoms with Crippen molar-refractivity contribution in [3.8, 4) is 11.5 Å². The molecule has 7 nitrogen and oxygen atoms in total. The molecule has 0 spiro atoms. The minimum atomic E-state index is -0.387. The number of hydrogen-bond donors (Lipinski definition) is 1. The van der Waals surface area contributed by atoms with Gasteiger partial charge in [-0.05, 0) is 55.0 Å². The normalized spacial score (nSPS) is 13.4. The minimum absolute atomic E-state index is 0.0727. The number of furan rings is 1. The van der Waals surface area contributed by atoms with Gasteiger partial charge in [0, 0.05) is 29.2 Å². The van der Waals surface area contributed by atoms with Crippen LogP contribution in [-0.4, -0.2) is 25.5 Å². The highest BCUT2D eigenvalue weighted by Crippen LogP contribution is 2.34. The van der Waals surface area contributed by atoms with E-state index in [1.165, 1.54) is 7.11 Å². The number of anilines is 2. The van der Waals surface area contributed by atoms with Gasteiger partial charge in [0.15, 0.2) is 5.76 Å². The van der Waals surface area contributed by atoms with Crippen molar-refractivity contribution in [3.05, 3.63) is 70.6 Å². The highest BCUT2D eigenvalue weighted by molar-refractivity contribution is 9.10. The summed E-state index contributed by atoms with van der Waals surface area (Å²) in [7, 11) is 1.54. The van der Waals surface area contributed by atoms with E-state index in [0.29, 0.717) is 41.6 Å². The molecule has 2 heterocycles. The summed E-state index contributed by atoms with van der Waals surface area (Å²) in [5.41, 5.74) is 1.25. The largest absolute Gasteiger partial charge is 0.494 e. The van der Waals surface area contributed by atoms with Crippen molar-refractivity contribution in [3.63, 3.8) is 0 Å². The maximum Gasteiger partial charge on any atom is 0.291 e. The SMILES string of the molecule is COc1cc(NC(=O)c2ccc(COc3ccc(Br)cc3)o2)ccc1N1CCCC1=O. The second kappa shape index (κ2) is 9.26. The monoisotopic (exact) mass is 484 g/mol. The van der Waals surface area contributed by atoms with Crippen LogP contribution in [0.1, 0.15) is 29.2 Å². The van der Waals surface area contributed by atoms with Crippen molar-refractivity contribution in [2.75, 3.05) is 23.9 Å². The lowest BCUT2D eigenvalue weighted by molar-refractivity contribution is -0.117. The Kier molecular flexibility index (Phi) is 6.27. The Morgan fingerprint density at radius 3 is 2.68 bits per heavy atom. The lowest BCUT2D eigenvalue weighted by Crippen LogP contribution is -2.24. The zero-order valence-corrected chi connectivity index (χ0v) is 18.5. The molecule has 0 saturated carbocycles. The van der Waals surface area contributed by atoms with Gasteiger partial charge in [0.25, 0.3) is 5.91 Å². The second-order valence-corrected chi connectivity index (χ2v) is 7.91. The summed E-state index contributed by atoms with van der Waals surface area (Å²) < 4.78 is 17.7. The van der Waals surface area contributed by atoms with Gasteiger partial charge in [0.1, 0.15) is 23.9 Å². The van der Waals surface area contributed by atoms with Crippen LogP contribution in [0.15, 0.2) is 63.5 Å². The van der Waals surface area contributed by atoms with Gasteiger partial charge in [-0.25, -0.2) is 0 Å². The summed E-state index contributed by atoms with van der Waals surface area (Å²) in [6.07, 6.45) is 1.36. The molecule has 1 saturated heterocycles. The van der Waals surface area contributed by atoms with Gasteiger partial charge < -0.3 is 24.1 Å². The molecule has 1 N–H and O–H groups in total. The zero-order valence-electron chi connectivity index (χ0n) is 16.9. The van der Waals surface area contributed by atoms with Crippen LogP contribution in [0.3, 0.4) is 0 Å². The topological polar surface area (TPSA) is 81.0 Å². The van der Waals surface area contributed by atoms with Crippen molar-refractivity contribution in [1.29, 1.82) is 0 Å². The molecule has 31 heavy (non-hydrogen) atoms. The number of carbonyl (C=O) groups excluding carboxylic acids is 2. The van der Waals surface area contributed by atoms with Gasteiger partial charge in [-0.2, -0.15) is 0 Å².